The molecule has 2 aromatic rings. The summed E-state index contributed by atoms with van der Waals surface area (Å²) in [6.45, 7) is 1.41. The van der Waals surface area contributed by atoms with Crippen molar-refractivity contribution in [2.75, 3.05) is 0 Å². The van der Waals surface area contributed by atoms with Gasteiger partial charge in [0.1, 0.15) is 6.04 Å². The van der Waals surface area contributed by atoms with Gasteiger partial charge in [0.05, 0.1) is 11.7 Å². The molecule has 1 heterocycles. The number of fused-ring (bicyclic) bond motifs is 1. The molecule has 0 unspecified atom stereocenters. The van der Waals surface area contributed by atoms with Crippen LogP contribution >= 0.6 is 0 Å². The third kappa shape index (κ3) is 2.25. The van der Waals surface area contributed by atoms with Crippen molar-refractivity contribution in [3.05, 3.63) is 30.0 Å². The maximum absolute atomic E-state index is 11.7. The van der Waals surface area contributed by atoms with Crippen LogP contribution < -0.4 is 5.32 Å². The maximum atomic E-state index is 11.7. The van der Waals surface area contributed by atoms with Gasteiger partial charge in [-0.15, -0.1) is 0 Å². The fourth-order valence-corrected chi connectivity index (χ4v) is 1.42. The largest absolute Gasteiger partial charge is 0.480 e. The molecule has 6 nitrogen and oxygen atoms in total. The zero-order valence-electron chi connectivity index (χ0n) is 9.10. The zero-order valence-corrected chi connectivity index (χ0v) is 9.10. The number of carbonyl (C=O) groups is 2. The summed E-state index contributed by atoms with van der Waals surface area (Å²) in [5.41, 5.74) is 1.13. The van der Waals surface area contributed by atoms with Gasteiger partial charge < -0.3 is 10.4 Å². The molecule has 0 aliphatic carbocycles. The number of carbonyl (C=O) groups excluding carboxylic acids is 1. The SMILES string of the molecule is C[C@@H](NC(=O)c1ccc2cn[nH]c2c1)C(=O)O. The number of hydrogen-bond acceptors (Lipinski definition) is 3. The van der Waals surface area contributed by atoms with Crippen molar-refractivity contribution in [1.82, 2.24) is 15.5 Å². The fraction of sp³-hybridized carbons (Fsp3) is 0.182. The minimum atomic E-state index is -1.07. The molecule has 0 saturated carbocycles. The Morgan fingerprint density at radius 3 is 2.94 bits per heavy atom. The quantitative estimate of drug-likeness (QED) is 0.729. The Morgan fingerprint density at radius 2 is 2.24 bits per heavy atom. The number of H-pyrrole nitrogens is 1. The number of hydrogen-bond donors (Lipinski definition) is 3. The number of nitrogens with zero attached hydrogens (tertiary/aromatic N) is 1. The van der Waals surface area contributed by atoms with Crippen molar-refractivity contribution >= 4 is 22.8 Å². The van der Waals surface area contributed by atoms with Gasteiger partial charge in [-0.1, -0.05) is 6.07 Å². The lowest BCUT2D eigenvalue weighted by Crippen LogP contribution is -2.38. The van der Waals surface area contributed by atoms with Crippen LogP contribution in [0.2, 0.25) is 0 Å². The Kier molecular flexibility index (Phi) is 2.78. The summed E-state index contributed by atoms with van der Waals surface area (Å²) in [7, 11) is 0. The smallest absolute Gasteiger partial charge is 0.325 e. The topological polar surface area (TPSA) is 95.1 Å². The predicted octanol–water partition coefficient (Wildman–Crippen LogP) is 0.766. The van der Waals surface area contributed by atoms with Crippen molar-refractivity contribution in [2.45, 2.75) is 13.0 Å². The van der Waals surface area contributed by atoms with Gasteiger partial charge >= 0.3 is 5.97 Å². The van der Waals surface area contributed by atoms with Crippen LogP contribution in [0.1, 0.15) is 17.3 Å². The van der Waals surface area contributed by atoms with E-state index in [0.29, 0.717) is 5.56 Å². The molecule has 17 heavy (non-hydrogen) atoms. The molecule has 0 spiro atoms. The summed E-state index contributed by atoms with van der Waals surface area (Å²) in [5.74, 6) is -1.49. The van der Waals surface area contributed by atoms with E-state index in [9.17, 15) is 9.59 Å². The van der Waals surface area contributed by atoms with Gasteiger partial charge in [-0.3, -0.25) is 14.7 Å². The molecule has 0 saturated heterocycles. The van der Waals surface area contributed by atoms with Crippen molar-refractivity contribution in [3.63, 3.8) is 0 Å². The van der Waals surface area contributed by atoms with E-state index in [0.717, 1.165) is 10.9 Å². The van der Waals surface area contributed by atoms with Gasteiger partial charge in [-0.05, 0) is 19.1 Å². The Bertz CT molecular complexity index is 576. The minimum absolute atomic E-state index is 0.398. The number of benzene rings is 1. The number of amides is 1. The van der Waals surface area contributed by atoms with Crippen LogP contribution in [0, 0.1) is 0 Å². The summed E-state index contributed by atoms with van der Waals surface area (Å²) in [6, 6.07) is 4.09. The van der Waals surface area contributed by atoms with Crippen molar-refractivity contribution in [2.24, 2.45) is 0 Å². The molecular formula is C11H11N3O3. The Morgan fingerprint density at radius 1 is 1.47 bits per heavy atom. The van der Waals surface area contributed by atoms with E-state index in [2.05, 4.69) is 15.5 Å². The van der Waals surface area contributed by atoms with Crippen molar-refractivity contribution in [3.8, 4) is 0 Å². The van der Waals surface area contributed by atoms with E-state index < -0.39 is 17.9 Å². The number of nitrogens with one attached hydrogen (secondary N) is 2. The van der Waals surface area contributed by atoms with Gasteiger partial charge in [0.25, 0.3) is 5.91 Å². The molecule has 6 heteroatoms. The molecule has 0 fully saturated rings. The number of aliphatic carboxylic acids is 1. The van der Waals surface area contributed by atoms with E-state index >= 15 is 0 Å². The summed E-state index contributed by atoms with van der Waals surface area (Å²) in [4.78, 5) is 22.3. The van der Waals surface area contributed by atoms with Crippen LogP contribution in [0.5, 0.6) is 0 Å². The lowest BCUT2D eigenvalue weighted by molar-refractivity contribution is -0.138. The average molecular weight is 233 g/mol. The Balaban J connectivity index is 2.21. The van der Waals surface area contributed by atoms with E-state index in [1.165, 1.54) is 6.92 Å². The summed E-state index contributed by atoms with van der Waals surface area (Å²) in [5, 5.41) is 18.5. The standard InChI is InChI=1S/C11H11N3O3/c1-6(11(16)17)13-10(15)7-2-3-8-5-12-14-9(8)4-7/h2-6H,1H3,(H,12,14)(H,13,15)(H,16,17)/t6-/m1/s1. The molecule has 1 aromatic carbocycles. The number of rotatable bonds is 3. The lowest BCUT2D eigenvalue weighted by atomic mass is 10.1. The summed E-state index contributed by atoms with van der Waals surface area (Å²) >= 11 is 0. The highest BCUT2D eigenvalue weighted by Gasteiger charge is 2.15. The van der Waals surface area contributed by atoms with Gasteiger partial charge in [0.2, 0.25) is 0 Å². The number of aromatic amines is 1. The van der Waals surface area contributed by atoms with Crippen LogP contribution in [0.25, 0.3) is 10.9 Å². The van der Waals surface area contributed by atoms with E-state index in [4.69, 9.17) is 5.11 Å². The highest BCUT2D eigenvalue weighted by molar-refractivity contribution is 5.99. The first-order valence-electron chi connectivity index (χ1n) is 5.05. The first-order valence-corrected chi connectivity index (χ1v) is 5.05. The first kappa shape index (κ1) is 11.1. The molecule has 0 radical (unpaired) electrons. The number of aromatic nitrogens is 2. The first-order chi connectivity index (χ1) is 8.08. The molecule has 1 aromatic heterocycles. The average Bonchev–Trinajstić information content (AvgIpc) is 2.75. The monoisotopic (exact) mass is 233 g/mol. The van der Waals surface area contributed by atoms with Crippen LogP contribution in [0.3, 0.4) is 0 Å². The Labute approximate surface area is 96.6 Å². The fourth-order valence-electron chi connectivity index (χ4n) is 1.42. The molecule has 2 rings (SSSR count). The highest BCUT2D eigenvalue weighted by Crippen LogP contribution is 2.12. The van der Waals surface area contributed by atoms with Gasteiger partial charge in [-0.2, -0.15) is 5.10 Å². The van der Waals surface area contributed by atoms with E-state index in [1.54, 1.807) is 24.4 Å². The highest BCUT2D eigenvalue weighted by atomic mass is 16.4. The second-order valence-electron chi connectivity index (χ2n) is 3.71. The van der Waals surface area contributed by atoms with Gasteiger partial charge in [-0.25, -0.2) is 0 Å². The van der Waals surface area contributed by atoms with Crippen LogP contribution in [0.4, 0.5) is 0 Å². The van der Waals surface area contributed by atoms with Crippen molar-refractivity contribution < 1.29 is 14.7 Å². The second-order valence-corrected chi connectivity index (χ2v) is 3.71. The lowest BCUT2D eigenvalue weighted by Gasteiger charge is -2.08. The third-order valence-corrected chi connectivity index (χ3v) is 2.42. The molecule has 1 atom stereocenters. The van der Waals surface area contributed by atoms with Crippen LogP contribution in [-0.4, -0.2) is 33.2 Å². The van der Waals surface area contributed by atoms with Crippen LogP contribution in [-0.2, 0) is 4.79 Å². The molecular weight excluding hydrogens is 222 g/mol. The molecule has 0 aliphatic rings. The van der Waals surface area contributed by atoms with Gasteiger partial charge in [0.15, 0.2) is 0 Å². The van der Waals surface area contributed by atoms with E-state index in [1.807, 2.05) is 0 Å². The molecule has 1 amide bonds. The molecule has 0 bridgehead atoms. The van der Waals surface area contributed by atoms with Gasteiger partial charge in [0, 0.05) is 10.9 Å². The number of carboxylic acids is 1. The van der Waals surface area contributed by atoms with Crippen molar-refractivity contribution in [1.29, 1.82) is 0 Å². The third-order valence-electron chi connectivity index (χ3n) is 2.42. The zero-order chi connectivity index (χ0) is 12.4. The summed E-state index contributed by atoms with van der Waals surface area (Å²) < 4.78 is 0. The number of carboxylic acid groups (broad SMARTS) is 1. The second kappa shape index (κ2) is 4.25. The maximum Gasteiger partial charge on any atom is 0.325 e. The molecule has 0 aliphatic heterocycles. The summed E-state index contributed by atoms with van der Waals surface area (Å²) in [6.07, 6.45) is 1.65. The normalized spacial score (nSPS) is 12.3. The molecule has 88 valence electrons. The predicted molar refractivity (Wildman–Crippen MR) is 60.7 cm³/mol. The Hall–Kier alpha value is -2.37. The minimum Gasteiger partial charge on any atom is -0.480 e. The van der Waals surface area contributed by atoms with Crippen LogP contribution in [0.15, 0.2) is 24.4 Å². The molecule has 3 N–H and O–H groups in total. The van der Waals surface area contributed by atoms with E-state index in [-0.39, 0.29) is 0 Å².